The highest BCUT2D eigenvalue weighted by Crippen LogP contribution is 2.44. The molecule has 19 heavy (non-hydrogen) atoms. The normalized spacial score (nSPS) is 27.7. The van der Waals surface area contributed by atoms with Crippen molar-refractivity contribution in [3.8, 4) is 5.75 Å². The first-order valence-electron chi connectivity index (χ1n) is 7.37. The van der Waals surface area contributed by atoms with Gasteiger partial charge in [-0.05, 0) is 63.0 Å². The zero-order valence-electron chi connectivity index (χ0n) is 11.9. The third kappa shape index (κ3) is 2.63. The van der Waals surface area contributed by atoms with Crippen LogP contribution in [0.3, 0.4) is 0 Å². The summed E-state index contributed by atoms with van der Waals surface area (Å²) in [6, 6.07) is 10.1. The molecule has 2 atom stereocenters. The number of ether oxygens (including phenoxy) is 1. The molecule has 0 amide bonds. The lowest BCUT2D eigenvalue weighted by atomic mass is 9.93. The minimum absolute atomic E-state index is 0.589. The molecule has 3 rings (SSSR count). The second-order valence-electron chi connectivity index (χ2n) is 5.79. The molecule has 2 fully saturated rings. The standard InChI is InChI=1S/C16H24N2O/c1-17-11-13-9-10-18(14-5-6-14)16(13)12-3-7-15(19-2)8-4-12/h3-4,7-8,13-14,16-17H,5-6,9-11H2,1-2H3. The van der Waals surface area contributed by atoms with E-state index in [1.165, 1.54) is 31.4 Å². The van der Waals surface area contributed by atoms with E-state index in [1.54, 1.807) is 7.11 Å². The van der Waals surface area contributed by atoms with E-state index in [4.69, 9.17) is 4.74 Å². The third-order valence-corrected chi connectivity index (χ3v) is 4.50. The van der Waals surface area contributed by atoms with Gasteiger partial charge in [-0.1, -0.05) is 12.1 Å². The maximum Gasteiger partial charge on any atom is 0.118 e. The molecule has 1 aromatic carbocycles. The molecule has 1 saturated carbocycles. The van der Waals surface area contributed by atoms with E-state index in [2.05, 4.69) is 41.5 Å². The first-order valence-corrected chi connectivity index (χ1v) is 7.37. The molecule has 0 aromatic heterocycles. The molecule has 0 radical (unpaired) electrons. The van der Waals surface area contributed by atoms with E-state index in [-0.39, 0.29) is 0 Å². The zero-order chi connectivity index (χ0) is 13.2. The van der Waals surface area contributed by atoms with Gasteiger partial charge in [0.05, 0.1) is 7.11 Å². The quantitative estimate of drug-likeness (QED) is 0.880. The number of benzene rings is 1. The van der Waals surface area contributed by atoms with Gasteiger partial charge in [0.15, 0.2) is 0 Å². The Bertz CT molecular complexity index is 413. The molecule has 1 heterocycles. The lowest BCUT2D eigenvalue weighted by Crippen LogP contribution is -2.30. The number of hydrogen-bond donors (Lipinski definition) is 1. The van der Waals surface area contributed by atoms with E-state index in [0.29, 0.717) is 6.04 Å². The molecule has 1 aliphatic heterocycles. The molecule has 0 spiro atoms. The molecule has 1 saturated heterocycles. The molecular formula is C16H24N2O. The van der Waals surface area contributed by atoms with Crippen molar-refractivity contribution in [3.05, 3.63) is 29.8 Å². The van der Waals surface area contributed by atoms with Crippen LogP contribution in [0.5, 0.6) is 5.75 Å². The van der Waals surface area contributed by atoms with Crippen molar-refractivity contribution >= 4 is 0 Å². The van der Waals surface area contributed by atoms with Crippen LogP contribution in [-0.4, -0.2) is 38.2 Å². The van der Waals surface area contributed by atoms with Crippen molar-refractivity contribution in [3.63, 3.8) is 0 Å². The number of rotatable bonds is 5. The van der Waals surface area contributed by atoms with Crippen LogP contribution in [0.15, 0.2) is 24.3 Å². The Balaban J connectivity index is 1.82. The highest BCUT2D eigenvalue weighted by Gasteiger charge is 2.42. The summed E-state index contributed by atoms with van der Waals surface area (Å²) >= 11 is 0. The predicted octanol–water partition coefficient (Wildman–Crippen LogP) is 2.44. The van der Waals surface area contributed by atoms with Crippen molar-refractivity contribution in [2.75, 3.05) is 27.2 Å². The van der Waals surface area contributed by atoms with Crippen LogP contribution in [0.2, 0.25) is 0 Å². The lowest BCUT2D eigenvalue weighted by Gasteiger charge is -2.29. The molecular weight excluding hydrogens is 236 g/mol. The molecule has 3 heteroatoms. The molecule has 104 valence electrons. The third-order valence-electron chi connectivity index (χ3n) is 4.50. The summed E-state index contributed by atoms with van der Waals surface area (Å²) in [7, 11) is 3.79. The van der Waals surface area contributed by atoms with Crippen LogP contribution >= 0.6 is 0 Å². The van der Waals surface area contributed by atoms with Crippen LogP contribution < -0.4 is 10.1 Å². The van der Waals surface area contributed by atoms with Gasteiger partial charge in [0.1, 0.15) is 5.75 Å². The molecule has 2 unspecified atom stereocenters. The number of nitrogens with zero attached hydrogens (tertiary/aromatic N) is 1. The maximum atomic E-state index is 5.27. The average molecular weight is 260 g/mol. The Morgan fingerprint density at radius 1 is 1.21 bits per heavy atom. The van der Waals surface area contributed by atoms with Gasteiger partial charge < -0.3 is 10.1 Å². The summed E-state index contributed by atoms with van der Waals surface area (Å²) in [5.41, 5.74) is 1.45. The largest absolute Gasteiger partial charge is 0.497 e. The molecule has 1 aromatic rings. The fourth-order valence-electron chi connectivity index (χ4n) is 3.44. The second kappa shape index (κ2) is 5.51. The monoisotopic (exact) mass is 260 g/mol. The van der Waals surface area contributed by atoms with E-state index >= 15 is 0 Å². The molecule has 0 bridgehead atoms. The Labute approximate surface area is 115 Å². The average Bonchev–Trinajstić information content (AvgIpc) is 3.21. The van der Waals surface area contributed by atoms with Gasteiger partial charge in [0.25, 0.3) is 0 Å². The Morgan fingerprint density at radius 2 is 1.95 bits per heavy atom. The molecule has 1 N–H and O–H groups in total. The number of hydrogen-bond acceptors (Lipinski definition) is 3. The highest BCUT2D eigenvalue weighted by molar-refractivity contribution is 5.30. The second-order valence-corrected chi connectivity index (χ2v) is 5.79. The van der Waals surface area contributed by atoms with Crippen molar-refractivity contribution in [2.24, 2.45) is 5.92 Å². The molecule has 1 aliphatic carbocycles. The number of methoxy groups -OCH3 is 1. The van der Waals surface area contributed by atoms with Crippen molar-refractivity contribution < 1.29 is 4.74 Å². The van der Waals surface area contributed by atoms with E-state index in [1.807, 2.05) is 0 Å². The topological polar surface area (TPSA) is 24.5 Å². The summed E-state index contributed by atoms with van der Waals surface area (Å²) in [5, 5.41) is 3.36. The summed E-state index contributed by atoms with van der Waals surface area (Å²) in [5.74, 6) is 1.68. The Morgan fingerprint density at radius 3 is 2.53 bits per heavy atom. The van der Waals surface area contributed by atoms with Crippen LogP contribution in [0, 0.1) is 5.92 Å². The van der Waals surface area contributed by atoms with Crippen molar-refractivity contribution in [2.45, 2.75) is 31.3 Å². The fraction of sp³-hybridized carbons (Fsp3) is 0.625. The summed E-state index contributed by atoms with van der Waals surface area (Å²) in [6.07, 6.45) is 4.09. The van der Waals surface area contributed by atoms with E-state index in [9.17, 15) is 0 Å². The lowest BCUT2D eigenvalue weighted by molar-refractivity contribution is 0.217. The Kier molecular flexibility index (Phi) is 3.76. The van der Waals surface area contributed by atoms with Crippen LogP contribution in [0.25, 0.3) is 0 Å². The zero-order valence-corrected chi connectivity index (χ0v) is 11.9. The minimum Gasteiger partial charge on any atom is -0.497 e. The summed E-state index contributed by atoms with van der Waals surface area (Å²) < 4.78 is 5.27. The molecule has 3 nitrogen and oxygen atoms in total. The van der Waals surface area contributed by atoms with Crippen molar-refractivity contribution in [1.82, 2.24) is 10.2 Å². The fourth-order valence-corrected chi connectivity index (χ4v) is 3.44. The van der Waals surface area contributed by atoms with Crippen molar-refractivity contribution in [1.29, 1.82) is 0 Å². The predicted molar refractivity (Wildman–Crippen MR) is 77.5 cm³/mol. The SMILES string of the molecule is CNCC1CCN(C2CC2)C1c1ccc(OC)cc1. The first-order chi connectivity index (χ1) is 9.33. The van der Waals surface area contributed by atoms with Gasteiger partial charge in [-0.15, -0.1) is 0 Å². The molecule has 2 aliphatic rings. The van der Waals surface area contributed by atoms with E-state index in [0.717, 1.165) is 24.3 Å². The van der Waals surface area contributed by atoms with Gasteiger partial charge in [-0.25, -0.2) is 0 Å². The smallest absolute Gasteiger partial charge is 0.118 e. The number of nitrogens with one attached hydrogen (secondary N) is 1. The van der Waals surface area contributed by atoms with Crippen LogP contribution in [-0.2, 0) is 0 Å². The van der Waals surface area contributed by atoms with Gasteiger partial charge in [-0.2, -0.15) is 0 Å². The maximum absolute atomic E-state index is 5.27. The summed E-state index contributed by atoms with van der Waals surface area (Å²) in [4.78, 5) is 2.73. The van der Waals surface area contributed by atoms with Gasteiger partial charge >= 0.3 is 0 Å². The summed E-state index contributed by atoms with van der Waals surface area (Å²) in [6.45, 7) is 2.37. The number of likely N-dealkylation sites (tertiary alicyclic amines) is 1. The van der Waals surface area contributed by atoms with E-state index < -0.39 is 0 Å². The van der Waals surface area contributed by atoms with Crippen LogP contribution in [0.1, 0.15) is 30.9 Å². The Hall–Kier alpha value is -1.06. The minimum atomic E-state index is 0.589. The highest BCUT2D eigenvalue weighted by atomic mass is 16.5. The van der Waals surface area contributed by atoms with Gasteiger partial charge in [0, 0.05) is 12.1 Å². The van der Waals surface area contributed by atoms with Crippen LogP contribution in [0.4, 0.5) is 0 Å². The van der Waals surface area contributed by atoms with Gasteiger partial charge in [-0.3, -0.25) is 4.90 Å². The first kappa shape index (κ1) is 12.9. The van der Waals surface area contributed by atoms with Gasteiger partial charge in [0.2, 0.25) is 0 Å².